The number of nitrogens with zero attached hydrogens (tertiary/aromatic N) is 3. The molecule has 1 aliphatic carbocycles. The number of carboxylic acid groups (broad SMARTS) is 2. The summed E-state index contributed by atoms with van der Waals surface area (Å²) in [4.78, 5) is 36.6. The van der Waals surface area contributed by atoms with E-state index in [1.165, 1.54) is 12.1 Å². The summed E-state index contributed by atoms with van der Waals surface area (Å²) in [6, 6.07) is 5.01. The molecule has 1 saturated heterocycles. The van der Waals surface area contributed by atoms with Crippen LogP contribution in [0.15, 0.2) is 28.8 Å². The first-order valence-corrected chi connectivity index (χ1v) is 9.68. The summed E-state index contributed by atoms with van der Waals surface area (Å²) in [5, 5.41) is 21.4. The number of alkyl halides is 3. The first-order valence-electron chi connectivity index (χ1n) is 9.68. The molecule has 0 spiro atoms. The lowest BCUT2D eigenvalue weighted by Crippen LogP contribution is -2.48. The summed E-state index contributed by atoms with van der Waals surface area (Å²) in [6.45, 7) is 1.48. The molecule has 1 aromatic carbocycles. The van der Waals surface area contributed by atoms with Crippen LogP contribution in [0.25, 0.3) is 0 Å². The van der Waals surface area contributed by atoms with E-state index >= 15 is 0 Å². The van der Waals surface area contributed by atoms with Crippen molar-refractivity contribution >= 4 is 23.5 Å². The second kappa shape index (κ2) is 9.85. The molecule has 14 heteroatoms. The van der Waals surface area contributed by atoms with Crippen molar-refractivity contribution in [2.45, 2.75) is 31.0 Å². The predicted molar refractivity (Wildman–Crippen MR) is 102 cm³/mol. The molecule has 3 N–H and O–H groups in total. The van der Waals surface area contributed by atoms with Crippen LogP contribution in [0.2, 0.25) is 0 Å². The largest absolute Gasteiger partial charge is 0.573 e. The summed E-state index contributed by atoms with van der Waals surface area (Å²) >= 11 is 0. The van der Waals surface area contributed by atoms with E-state index in [-0.39, 0.29) is 24.1 Å². The van der Waals surface area contributed by atoms with E-state index in [1.54, 1.807) is 0 Å². The lowest BCUT2D eigenvalue weighted by molar-refractivity contribution is -0.274. The maximum absolute atomic E-state index is 12.1. The third kappa shape index (κ3) is 7.45. The Labute approximate surface area is 184 Å². The van der Waals surface area contributed by atoms with Gasteiger partial charge in [-0.25, -0.2) is 9.59 Å². The summed E-state index contributed by atoms with van der Waals surface area (Å²) < 4.78 is 45.4. The Morgan fingerprint density at radius 2 is 1.70 bits per heavy atom. The Morgan fingerprint density at radius 3 is 2.21 bits per heavy atom. The zero-order valence-electron chi connectivity index (χ0n) is 16.9. The van der Waals surface area contributed by atoms with E-state index in [0.717, 1.165) is 30.8 Å². The van der Waals surface area contributed by atoms with Gasteiger partial charge in [0, 0.05) is 24.7 Å². The van der Waals surface area contributed by atoms with Gasteiger partial charge in [0.1, 0.15) is 5.75 Å². The zero-order chi connectivity index (χ0) is 24.2. The molecule has 4 rings (SSSR count). The highest BCUT2D eigenvalue weighted by atomic mass is 19.4. The van der Waals surface area contributed by atoms with Gasteiger partial charge in [-0.05, 0) is 37.1 Å². The van der Waals surface area contributed by atoms with Gasteiger partial charge in [-0.1, -0.05) is 5.16 Å². The Hall–Kier alpha value is -3.68. The van der Waals surface area contributed by atoms with Crippen LogP contribution in [0.5, 0.6) is 5.75 Å². The van der Waals surface area contributed by atoms with Crippen molar-refractivity contribution in [1.82, 2.24) is 15.0 Å². The average molecular weight is 472 g/mol. The van der Waals surface area contributed by atoms with Gasteiger partial charge >= 0.3 is 18.3 Å². The van der Waals surface area contributed by atoms with Crippen molar-refractivity contribution in [3.63, 3.8) is 0 Å². The van der Waals surface area contributed by atoms with Gasteiger partial charge in [0.25, 0.3) is 0 Å². The number of rotatable bonds is 6. The topological polar surface area (TPSA) is 155 Å². The smallest absolute Gasteiger partial charge is 0.473 e. The lowest BCUT2D eigenvalue weighted by atomic mass is 10.0. The molecular weight excluding hydrogens is 453 g/mol. The Kier molecular flexibility index (Phi) is 7.16. The molecule has 1 aliphatic heterocycles. The minimum Gasteiger partial charge on any atom is -0.473 e. The molecule has 0 unspecified atom stereocenters. The van der Waals surface area contributed by atoms with Crippen molar-refractivity contribution in [1.29, 1.82) is 0 Å². The molecule has 33 heavy (non-hydrogen) atoms. The maximum atomic E-state index is 12.1. The monoisotopic (exact) mass is 472 g/mol. The molecule has 2 aliphatic rings. The summed E-state index contributed by atoms with van der Waals surface area (Å²) in [5.41, 5.74) is 0.401. The number of benzene rings is 1. The van der Waals surface area contributed by atoms with Gasteiger partial charge in [0.05, 0.1) is 12.5 Å². The fourth-order valence-corrected chi connectivity index (χ4v) is 2.92. The number of amides is 1. The number of halogens is 3. The van der Waals surface area contributed by atoms with Crippen LogP contribution in [0, 0.1) is 0 Å². The van der Waals surface area contributed by atoms with Crippen molar-refractivity contribution in [3.05, 3.63) is 36.0 Å². The number of carbonyl (C=O) groups is 3. The van der Waals surface area contributed by atoms with E-state index in [4.69, 9.17) is 24.3 Å². The molecule has 1 amide bonds. The first kappa shape index (κ1) is 24.0. The highest BCUT2D eigenvalue weighted by Crippen LogP contribution is 2.39. The molecule has 1 saturated carbocycles. The number of hydrogen-bond acceptors (Lipinski definition) is 8. The average Bonchev–Trinajstić information content (AvgIpc) is 3.43. The standard InChI is InChI=1S/C17H17F3N4O3.C2H2O4/c18-17(19,20)26-13-5-3-12(4-6-13)21-14(25)9-24-7-11(8-24)16-22-15(23-27-16)10-1-2-10;3-1(4)2(5)6/h3-6,10-11H,1-2,7-9H2,(H,21,25);(H,3,4)(H,5,6). The minimum atomic E-state index is -4.74. The number of carbonyl (C=O) groups excluding carboxylic acids is 1. The Balaban J connectivity index is 0.000000454. The highest BCUT2D eigenvalue weighted by Gasteiger charge is 2.36. The van der Waals surface area contributed by atoms with Crippen molar-refractivity contribution < 1.29 is 47.0 Å². The normalized spacial score (nSPS) is 16.2. The fourth-order valence-electron chi connectivity index (χ4n) is 2.92. The van der Waals surface area contributed by atoms with Gasteiger partial charge in [-0.2, -0.15) is 4.98 Å². The van der Waals surface area contributed by atoms with Crippen LogP contribution in [0.4, 0.5) is 18.9 Å². The van der Waals surface area contributed by atoms with Crippen LogP contribution in [0.3, 0.4) is 0 Å². The first-order chi connectivity index (χ1) is 15.5. The van der Waals surface area contributed by atoms with E-state index in [1.807, 2.05) is 4.90 Å². The quantitative estimate of drug-likeness (QED) is 0.532. The van der Waals surface area contributed by atoms with E-state index in [2.05, 4.69) is 20.2 Å². The summed E-state index contributed by atoms with van der Waals surface area (Å²) in [5.74, 6) is -2.26. The predicted octanol–water partition coefficient (Wildman–Crippen LogP) is 2.04. The number of aliphatic carboxylic acids is 2. The molecule has 2 fully saturated rings. The van der Waals surface area contributed by atoms with E-state index in [0.29, 0.717) is 30.6 Å². The van der Waals surface area contributed by atoms with E-state index in [9.17, 15) is 18.0 Å². The summed E-state index contributed by atoms with van der Waals surface area (Å²) in [6.07, 6.45) is -2.52. The summed E-state index contributed by atoms with van der Waals surface area (Å²) in [7, 11) is 0. The van der Waals surface area contributed by atoms with Crippen LogP contribution < -0.4 is 10.1 Å². The molecule has 2 heterocycles. The van der Waals surface area contributed by atoms with Gasteiger partial charge in [0.2, 0.25) is 11.8 Å². The SMILES string of the molecule is O=C(CN1CC(c2nc(C3CC3)no2)C1)Nc1ccc(OC(F)(F)F)cc1.O=C(O)C(=O)O. The number of aromatic nitrogens is 2. The molecule has 0 atom stereocenters. The molecule has 0 bridgehead atoms. The highest BCUT2D eigenvalue weighted by molar-refractivity contribution is 6.27. The van der Waals surface area contributed by atoms with E-state index < -0.39 is 18.3 Å². The number of hydrogen-bond donors (Lipinski definition) is 3. The molecule has 0 radical (unpaired) electrons. The van der Waals surface area contributed by atoms with Gasteiger partial charge in [-0.15, -0.1) is 13.2 Å². The zero-order valence-corrected chi connectivity index (χ0v) is 16.9. The molecule has 1 aromatic heterocycles. The number of carboxylic acids is 2. The third-order valence-electron chi connectivity index (χ3n) is 4.63. The number of anilines is 1. The second-order valence-electron chi connectivity index (χ2n) is 7.39. The molecule has 2 aromatic rings. The van der Waals surface area contributed by atoms with Gasteiger partial charge in [-0.3, -0.25) is 9.69 Å². The minimum absolute atomic E-state index is 0.136. The fraction of sp³-hybridized carbons (Fsp3) is 0.421. The number of ether oxygens (including phenoxy) is 1. The van der Waals surface area contributed by atoms with Gasteiger partial charge in [0.15, 0.2) is 5.82 Å². The van der Waals surface area contributed by atoms with Crippen molar-refractivity contribution in [2.75, 3.05) is 25.0 Å². The second-order valence-corrected chi connectivity index (χ2v) is 7.39. The molecule has 11 nitrogen and oxygen atoms in total. The number of nitrogens with one attached hydrogen (secondary N) is 1. The Bertz CT molecular complexity index is 988. The third-order valence-corrected chi connectivity index (χ3v) is 4.63. The lowest BCUT2D eigenvalue weighted by Gasteiger charge is -2.36. The van der Waals surface area contributed by atoms with Crippen molar-refractivity contribution in [3.8, 4) is 5.75 Å². The van der Waals surface area contributed by atoms with Crippen LogP contribution in [0.1, 0.15) is 36.4 Å². The molecular formula is C19H19F3N4O7. The molecule has 178 valence electrons. The van der Waals surface area contributed by atoms with Crippen LogP contribution >= 0.6 is 0 Å². The van der Waals surface area contributed by atoms with Gasteiger partial charge < -0.3 is 24.8 Å². The number of likely N-dealkylation sites (tertiary alicyclic amines) is 1. The Morgan fingerprint density at radius 1 is 1.09 bits per heavy atom. The maximum Gasteiger partial charge on any atom is 0.573 e. The van der Waals surface area contributed by atoms with Crippen LogP contribution in [-0.4, -0.2) is 69.1 Å². The van der Waals surface area contributed by atoms with Crippen LogP contribution in [-0.2, 0) is 14.4 Å². The van der Waals surface area contributed by atoms with Crippen molar-refractivity contribution in [2.24, 2.45) is 0 Å².